The number of likely N-dealkylation sites (tertiary alicyclic amines) is 1. The van der Waals surface area contributed by atoms with Gasteiger partial charge in [-0.2, -0.15) is 0 Å². The topological polar surface area (TPSA) is 83.3 Å². The number of anilines is 2. The summed E-state index contributed by atoms with van der Waals surface area (Å²) in [6.45, 7) is 3.78. The zero-order valence-corrected chi connectivity index (χ0v) is 19.2. The molecule has 1 aliphatic carbocycles. The fourth-order valence-corrected chi connectivity index (χ4v) is 4.93. The van der Waals surface area contributed by atoms with Gasteiger partial charge in [0.25, 0.3) is 5.91 Å². The van der Waals surface area contributed by atoms with Crippen molar-refractivity contribution in [2.24, 2.45) is 5.92 Å². The van der Waals surface area contributed by atoms with Crippen molar-refractivity contribution >= 4 is 17.6 Å². The van der Waals surface area contributed by atoms with Crippen molar-refractivity contribution in [3.05, 3.63) is 59.9 Å². The largest absolute Gasteiger partial charge is 0.403 e. The van der Waals surface area contributed by atoms with Crippen LogP contribution in [-0.2, 0) is 0 Å². The van der Waals surface area contributed by atoms with Gasteiger partial charge in [0.2, 0.25) is 5.89 Å². The minimum Gasteiger partial charge on any atom is -0.403 e. The highest BCUT2D eigenvalue weighted by Gasteiger charge is 2.25. The summed E-state index contributed by atoms with van der Waals surface area (Å²) in [4.78, 5) is 14.9. The fourth-order valence-electron chi connectivity index (χ4n) is 4.93. The van der Waals surface area contributed by atoms with Crippen LogP contribution >= 0.6 is 0 Å². The molecule has 3 aromatic rings. The molecule has 2 aliphatic rings. The van der Waals surface area contributed by atoms with E-state index in [0.717, 1.165) is 24.3 Å². The van der Waals surface area contributed by atoms with Gasteiger partial charge in [-0.25, -0.2) is 4.39 Å². The van der Waals surface area contributed by atoms with E-state index >= 15 is 0 Å². The van der Waals surface area contributed by atoms with Gasteiger partial charge in [-0.15, -0.1) is 5.10 Å². The summed E-state index contributed by atoms with van der Waals surface area (Å²) >= 11 is 0. The maximum Gasteiger partial charge on any atom is 0.315 e. The quantitative estimate of drug-likeness (QED) is 0.501. The fraction of sp³-hybridized carbons (Fsp3) is 0.423. The number of nitrogens with one attached hydrogen (secondary N) is 2. The summed E-state index contributed by atoms with van der Waals surface area (Å²) in [6.07, 6.45) is 7.40. The molecule has 5 rings (SSSR count). The van der Waals surface area contributed by atoms with Gasteiger partial charge < -0.3 is 20.0 Å². The molecule has 34 heavy (non-hydrogen) atoms. The highest BCUT2D eigenvalue weighted by Crippen LogP contribution is 2.29. The smallest absolute Gasteiger partial charge is 0.315 e. The van der Waals surface area contributed by atoms with E-state index in [0.29, 0.717) is 23.6 Å². The lowest BCUT2D eigenvalue weighted by molar-refractivity contribution is 0.102. The van der Waals surface area contributed by atoms with Gasteiger partial charge in [0.05, 0.1) is 5.56 Å². The molecular formula is C26H30FN5O2. The lowest BCUT2D eigenvalue weighted by atomic mass is 9.86. The van der Waals surface area contributed by atoms with E-state index < -0.39 is 11.7 Å². The van der Waals surface area contributed by atoms with Crippen LogP contribution in [0.2, 0.25) is 0 Å². The summed E-state index contributed by atoms with van der Waals surface area (Å²) in [5.41, 5.74) is 1.31. The van der Waals surface area contributed by atoms with E-state index in [-0.39, 0.29) is 5.56 Å². The van der Waals surface area contributed by atoms with Crippen molar-refractivity contribution in [1.82, 2.24) is 15.1 Å². The minimum atomic E-state index is -0.553. The number of hydrogen-bond acceptors (Lipinski definition) is 6. The van der Waals surface area contributed by atoms with Crippen molar-refractivity contribution in [3.63, 3.8) is 0 Å². The first-order valence-electron chi connectivity index (χ1n) is 12.1. The average Bonchev–Trinajstić information content (AvgIpc) is 3.53. The van der Waals surface area contributed by atoms with Crippen LogP contribution in [0.15, 0.2) is 52.9 Å². The molecule has 0 spiro atoms. The van der Waals surface area contributed by atoms with Crippen LogP contribution in [0.3, 0.4) is 0 Å². The molecule has 2 fully saturated rings. The predicted molar refractivity (Wildman–Crippen MR) is 129 cm³/mol. The van der Waals surface area contributed by atoms with E-state index in [9.17, 15) is 9.18 Å². The summed E-state index contributed by atoms with van der Waals surface area (Å²) in [5, 5.41) is 14.4. The molecule has 7 nitrogen and oxygen atoms in total. The van der Waals surface area contributed by atoms with Crippen molar-refractivity contribution in [3.8, 4) is 11.5 Å². The van der Waals surface area contributed by atoms with Gasteiger partial charge in [-0.1, -0.05) is 17.2 Å². The first kappa shape index (κ1) is 22.5. The summed E-state index contributed by atoms with van der Waals surface area (Å²) < 4.78 is 19.6. The number of halogens is 1. The van der Waals surface area contributed by atoms with Gasteiger partial charge in [-0.3, -0.25) is 4.79 Å². The second-order valence-corrected chi connectivity index (χ2v) is 9.29. The molecule has 8 heteroatoms. The maximum absolute atomic E-state index is 13.8. The zero-order valence-electron chi connectivity index (χ0n) is 19.2. The Labute approximate surface area is 198 Å². The van der Waals surface area contributed by atoms with Crippen molar-refractivity contribution in [1.29, 1.82) is 0 Å². The second kappa shape index (κ2) is 10.3. The Morgan fingerprint density at radius 1 is 1.00 bits per heavy atom. The Balaban J connectivity index is 1.13. The van der Waals surface area contributed by atoms with Crippen molar-refractivity contribution in [2.45, 2.75) is 44.6 Å². The van der Waals surface area contributed by atoms with Crippen LogP contribution in [0.5, 0.6) is 0 Å². The lowest BCUT2D eigenvalue weighted by Gasteiger charge is -2.31. The molecule has 2 heterocycles. The monoisotopic (exact) mass is 463 g/mol. The van der Waals surface area contributed by atoms with E-state index in [1.807, 2.05) is 0 Å². The summed E-state index contributed by atoms with van der Waals surface area (Å²) in [6, 6.07) is 13.7. The third kappa shape index (κ3) is 5.44. The number of aromatic nitrogens is 2. The average molecular weight is 464 g/mol. The number of hydrogen-bond donors (Lipinski definition) is 2. The Morgan fingerprint density at radius 2 is 1.74 bits per heavy atom. The van der Waals surface area contributed by atoms with E-state index in [4.69, 9.17) is 4.42 Å². The predicted octanol–water partition coefficient (Wildman–Crippen LogP) is 5.19. The number of nitrogens with zero attached hydrogens (tertiary/aromatic N) is 3. The second-order valence-electron chi connectivity index (χ2n) is 9.29. The molecule has 1 aliphatic heterocycles. The number of carbonyl (C=O) groups is 1. The number of rotatable bonds is 7. The van der Waals surface area contributed by atoms with Gasteiger partial charge in [-0.05, 0) is 93.9 Å². The summed E-state index contributed by atoms with van der Waals surface area (Å²) in [5.74, 6) is 0.164. The number of amides is 1. The first-order chi connectivity index (χ1) is 16.6. The molecule has 178 valence electrons. The lowest BCUT2D eigenvalue weighted by Crippen LogP contribution is -2.32. The number of carbonyl (C=O) groups excluding carboxylic acids is 1. The van der Waals surface area contributed by atoms with Gasteiger partial charge in [0, 0.05) is 23.8 Å². The molecule has 0 radical (unpaired) electrons. The highest BCUT2D eigenvalue weighted by atomic mass is 19.1. The molecule has 1 amide bonds. The van der Waals surface area contributed by atoms with E-state index in [2.05, 4.69) is 25.7 Å². The van der Waals surface area contributed by atoms with Gasteiger partial charge >= 0.3 is 6.01 Å². The van der Waals surface area contributed by atoms with Crippen LogP contribution in [0.1, 0.15) is 48.9 Å². The van der Waals surface area contributed by atoms with Gasteiger partial charge in [0.1, 0.15) is 5.82 Å². The molecule has 2 aromatic carbocycles. The van der Waals surface area contributed by atoms with Crippen LogP contribution in [-0.4, -0.2) is 46.7 Å². The molecular weight excluding hydrogens is 433 g/mol. The van der Waals surface area contributed by atoms with Crippen molar-refractivity contribution < 1.29 is 13.6 Å². The molecule has 0 unspecified atom stereocenters. The SMILES string of the molecule is O=C(Nc1ccc(-c2nnc(N[C@H]3CC[C@H](CN4CCCC4)CC3)o2)cc1)c1ccccc1F. The Kier molecular flexibility index (Phi) is 6.85. The summed E-state index contributed by atoms with van der Waals surface area (Å²) in [7, 11) is 0. The zero-order chi connectivity index (χ0) is 23.3. The molecule has 1 saturated heterocycles. The Hall–Kier alpha value is -3.26. The third-order valence-corrected chi connectivity index (χ3v) is 6.82. The van der Waals surface area contributed by atoms with E-state index in [1.165, 1.54) is 57.5 Å². The standard InChI is InChI=1S/C26H30FN5O2/c27-23-6-2-1-5-22(23)24(33)28-20-13-9-19(10-14-20)25-30-31-26(34-25)29-21-11-7-18(8-12-21)17-32-15-3-4-16-32/h1-2,5-6,9-10,13-14,18,21H,3-4,7-8,11-12,15-17H2,(H,28,33)(H,29,31)/t18-,21-. The van der Waals surface area contributed by atoms with Crippen LogP contribution < -0.4 is 10.6 Å². The van der Waals surface area contributed by atoms with Crippen molar-refractivity contribution in [2.75, 3.05) is 30.3 Å². The number of benzene rings is 2. The van der Waals surface area contributed by atoms with Crippen LogP contribution in [0, 0.1) is 11.7 Å². The normalized spacial score (nSPS) is 20.9. The first-order valence-corrected chi connectivity index (χ1v) is 12.1. The van der Waals surface area contributed by atoms with E-state index in [1.54, 1.807) is 36.4 Å². The minimum absolute atomic E-state index is 0.00396. The molecule has 0 bridgehead atoms. The highest BCUT2D eigenvalue weighted by molar-refractivity contribution is 6.04. The maximum atomic E-state index is 13.8. The van der Waals surface area contributed by atoms with Crippen LogP contribution in [0.4, 0.5) is 16.1 Å². The van der Waals surface area contributed by atoms with Crippen LogP contribution in [0.25, 0.3) is 11.5 Å². The van der Waals surface area contributed by atoms with Gasteiger partial charge in [0.15, 0.2) is 0 Å². The molecule has 1 aromatic heterocycles. The Morgan fingerprint density at radius 3 is 2.47 bits per heavy atom. The molecule has 0 atom stereocenters. The molecule has 2 N–H and O–H groups in total. The Bertz CT molecular complexity index is 1100. The molecule has 1 saturated carbocycles. The third-order valence-electron chi connectivity index (χ3n) is 6.82.